The highest BCUT2D eigenvalue weighted by atomic mass is 16.3. The fourth-order valence-corrected chi connectivity index (χ4v) is 3.20. The average molecular weight is 382 g/mol. The number of aromatic amines is 1. The lowest BCUT2D eigenvalue weighted by molar-refractivity contribution is 0.402. The zero-order chi connectivity index (χ0) is 20.4. The number of aromatic hydroxyl groups is 2. The molecule has 0 spiro atoms. The maximum Gasteiger partial charge on any atom is 0.343 e. The van der Waals surface area contributed by atoms with Gasteiger partial charge in [0.25, 0.3) is 0 Å². The van der Waals surface area contributed by atoms with Crippen LogP contribution in [0.1, 0.15) is 36.5 Å². The lowest BCUT2D eigenvalue weighted by Crippen LogP contribution is -2.18. The summed E-state index contributed by atoms with van der Waals surface area (Å²) in [5.74, 6) is 0.296. The van der Waals surface area contributed by atoms with Crippen LogP contribution in [-0.2, 0) is 13.1 Å². The molecule has 1 aromatic heterocycles. The van der Waals surface area contributed by atoms with Gasteiger partial charge in [0.05, 0.1) is 12.1 Å². The van der Waals surface area contributed by atoms with E-state index in [1.165, 1.54) is 16.2 Å². The SMILES string of the molecule is CC(C)c1cc(-c2n[nH]c(=O)n2Cc2ccc(CN(C)C)cc2)c(O)cc1O. The first kappa shape index (κ1) is 19.7. The van der Waals surface area contributed by atoms with Crippen molar-refractivity contribution < 1.29 is 10.2 Å². The molecule has 7 nitrogen and oxygen atoms in total. The smallest absolute Gasteiger partial charge is 0.343 e. The van der Waals surface area contributed by atoms with Crippen LogP contribution < -0.4 is 5.69 Å². The number of benzene rings is 2. The summed E-state index contributed by atoms with van der Waals surface area (Å²) in [7, 11) is 4.03. The summed E-state index contributed by atoms with van der Waals surface area (Å²) in [6.45, 7) is 5.06. The summed E-state index contributed by atoms with van der Waals surface area (Å²) >= 11 is 0. The van der Waals surface area contributed by atoms with Gasteiger partial charge in [-0.25, -0.2) is 9.89 Å². The zero-order valence-electron chi connectivity index (χ0n) is 16.6. The Kier molecular flexibility index (Phi) is 5.56. The molecule has 0 fully saturated rings. The molecule has 148 valence electrons. The number of nitrogens with one attached hydrogen (secondary N) is 1. The summed E-state index contributed by atoms with van der Waals surface area (Å²) in [4.78, 5) is 14.4. The molecule has 0 radical (unpaired) electrons. The highest BCUT2D eigenvalue weighted by Gasteiger charge is 2.18. The maximum absolute atomic E-state index is 12.3. The molecule has 0 atom stereocenters. The van der Waals surface area contributed by atoms with Crippen molar-refractivity contribution in [2.24, 2.45) is 0 Å². The van der Waals surface area contributed by atoms with Crippen molar-refractivity contribution in [2.75, 3.05) is 14.1 Å². The summed E-state index contributed by atoms with van der Waals surface area (Å²) in [5.41, 5.74) is 2.87. The molecule has 0 aliphatic heterocycles. The number of phenolic OH excluding ortho intramolecular Hbond substituents is 2. The highest BCUT2D eigenvalue weighted by molar-refractivity contribution is 5.67. The Morgan fingerprint density at radius 3 is 2.32 bits per heavy atom. The van der Waals surface area contributed by atoms with Crippen LogP contribution in [0.5, 0.6) is 11.5 Å². The van der Waals surface area contributed by atoms with Gasteiger partial charge in [0.1, 0.15) is 11.5 Å². The Labute approximate surface area is 163 Å². The summed E-state index contributed by atoms with van der Waals surface area (Å²) in [5, 5.41) is 27.0. The molecular formula is C21H26N4O3. The van der Waals surface area contributed by atoms with Gasteiger partial charge in [0.15, 0.2) is 5.82 Å². The van der Waals surface area contributed by atoms with Crippen molar-refractivity contribution >= 4 is 0 Å². The molecule has 0 bridgehead atoms. The molecule has 0 saturated carbocycles. The van der Waals surface area contributed by atoms with E-state index in [0.29, 0.717) is 23.5 Å². The third kappa shape index (κ3) is 4.09. The first-order valence-electron chi connectivity index (χ1n) is 9.20. The Bertz CT molecular complexity index is 1020. The summed E-state index contributed by atoms with van der Waals surface area (Å²) in [6.07, 6.45) is 0. The Morgan fingerprint density at radius 2 is 1.71 bits per heavy atom. The molecule has 3 aromatic rings. The van der Waals surface area contributed by atoms with Crippen LogP contribution in [-0.4, -0.2) is 44.0 Å². The van der Waals surface area contributed by atoms with E-state index in [0.717, 1.165) is 12.1 Å². The van der Waals surface area contributed by atoms with Gasteiger partial charge in [-0.05, 0) is 42.8 Å². The van der Waals surface area contributed by atoms with Crippen molar-refractivity contribution in [1.29, 1.82) is 0 Å². The van der Waals surface area contributed by atoms with Crippen molar-refractivity contribution in [2.45, 2.75) is 32.9 Å². The third-order valence-corrected chi connectivity index (χ3v) is 4.63. The Balaban J connectivity index is 1.97. The first-order valence-corrected chi connectivity index (χ1v) is 9.20. The van der Waals surface area contributed by atoms with Crippen LogP contribution in [0.3, 0.4) is 0 Å². The van der Waals surface area contributed by atoms with E-state index in [4.69, 9.17) is 0 Å². The standard InChI is InChI=1S/C21H26N4O3/c1-13(2)16-9-17(19(27)10-18(16)26)20-22-23-21(28)25(20)12-15-7-5-14(6-8-15)11-24(3)4/h5-10,13,26-27H,11-12H2,1-4H3,(H,23,28). The first-order chi connectivity index (χ1) is 13.3. The molecule has 3 N–H and O–H groups in total. The second-order valence-electron chi connectivity index (χ2n) is 7.58. The van der Waals surface area contributed by atoms with E-state index in [9.17, 15) is 15.0 Å². The second-order valence-corrected chi connectivity index (χ2v) is 7.58. The topological polar surface area (TPSA) is 94.4 Å². The number of phenols is 2. The number of hydrogen-bond donors (Lipinski definition) is 3. The molecule has 0 aliphatic rings. The van der Waals surface area contributed by atoms with Crippen LogP contribution in [0, 0.1) is 0 Å². The van der Waals surface area contributed by atoms with Crippen molar-refractivity contribution in [1.82, 2.24) is 19.7 Å². The van der Waals surface area contributed by atoms with E-state index >= 15 is 0 Å². The van der Waals surface area contributed by atoms with Gasteiger partial charge in [0, 0.05) is 12.6 Å². The quantitative estimate of drug-likeness (QED) is 0.609. The minimum absolute atomic E-state index is 0.0252. The number of H-pyrrole nitrogens is 1. The van der Waals surface area contributed by atoms with Gasteiger partial charge in [0.2, 0.25) is 0 Å². The molecule has 1 heterocycles. The second kappa shape index (κ2) is 7.90. The fraction of sp³-hybridized carbons (Fsp3) is 0.333. The van der Waals surface area contributed by atoms with Gasteiger partial charge in [-0.2, -0.15) is 5.10 Å². The Hall–Kier alpha value is -3.06. The molecule has 7 heteroatoms. The molecule has 3 rings (SSSR count). The van der Waals surface area contributed by atoms with Gasteiger partial charge < -0.3 is 15.1 Å². The zero-order valence-corrected chi connectivity index (χ0v) is 16.6. The van der Waals surface area contributed by atoms with Crippen molar-refractivity contribution in [3.8, 4) is 22.9 Å². The number of aromatic nitrogens is 3. The predicted molar refractivity (Wildman–Crippen MR) is 109 cm³/mol. The maximum atomic E-state index is 12.3. The summed E-state index contributed by atoms with van der Waals surface area (Å²) in [6, 6.07) is 11.0. The summed E-state index contributed by atoms with van der Waals surface area (Å²) < 4.78 is 1.48. The molecular weight excluding hydrogens is 356 g/mol. The van der Waals surface area contributed by atoms with Crippen LogP contribution in [0.4, 0.5) is 0 Å². The van der Waals surface area contributed by atoms with Crippen molar-refractivity contribution in [3.63, 3.8) is 0 Å². The normalized spacial score (nSPS) is 11.5. The molecule has 2 aromatic carbocycles. The number of hydrogen-bond acceptors (Lipinski definition) is 5. The van der Waals surface area contributed by atoms with Crippen LogP contribution in [0.15, 0.2) is 41.2 Å². The lowest BCUT2D eigenvalue weighted by atomic mass is 9.98. The van der Waals surface area contributed by atoms with Crippen LogP contribution >= 0.6 is 0 Å². The van der Waals surface area contributed by atoms with E-state index in [-0.39, 0.29) is 23.1 Å². The van der Waals surface area contributed by atoms with Crippen LogP contribution in [0.2, 0.25) is 0 Å². The molecule has 0 aliphatic carbocycles. The minimum atomic E-state index is -0.356. The van der Waals surface area contributed by atoms with Crippen molar-refractivity contribution in [3.05, 3.63) is 63.6 Å². The van der Waals surface area contributed by atoms with Gasteiger partial charge in [-0.3, -0.25) is 4.57 Å². The third-order valence-electron chi connectivity index (χ3n) is 4.63. The molecule has 0 unspecified atom stereocenters. The molecule has 0 amide bonds. The monoisotopic (exact) mass is 382 g/mol. The molecule has 0 saturated heterocycles. The largest absolute Gasteiger partial charge is 0.508 e. The molecule has 28 heavy (non-hydrogen) atoms. The fourth-order valence-electron chi connectivity index (χ4n) is 3.20. The minimum Gasteiger partial charge on any atom is -0.508 e. The van der Waals surface area contributed by atoms with Gasteiger partial charge in [-0.1, -0.05) is 38.1 Å². The average Bonchev–Trinajstić information content (AvgIpc) is 2.96. The van der Waals surface area contributed by atoms with Crippen LogP contribution in [0.25, 0.3) is 11.4 Å². The number of nitrogens with zero attached hydrogens (tertiary/aromatic N) is 3. The van der Waals surface area contributed by atoms with E-state index < -0.39 is 0 Å². The Morgan fingerprint density at radius 1 is 1.07 bits per heavy atom. The van der Waals surface area contributed by atoms with Gasteiger partial charge >= 0.3 is 5.69 Å². The van der Waals surface area contributed by atoms with E-state index in [1.54, 1.807) is 6.07 Å². The predicted octanol–water partition coefficient (Wildman–Crippen LogP) is 2.88. The highest BCUT2D eigenvalue weighted by Crippen LogP contribution is 2.36. The lowest BCUT2D eigenvalue weighted by Gasteiger charge is -2.13. The van der Waals surface area contributed by atoms with E-state index in [2.05, 4.69) is 15.1 Å². The van der Waals surface area contributed by atoms with E-state index in [1.807, 2.05) is 52.2 Å². The number of rotatable bonds is 6. The van der Waals surface area contributed by atoms with Gasteiger partial charge in [-0.15, -0.1) is 0 Å².